The molecule has 4 saturated carbocycles. The molecular formula is C22H29Cl2NO2. The summed E-state index contributed by atoms with van der Waals surface area (Å²) in [7, 11) is 0. The van der Waals surface area contributed by atoms with Crippen molar-refractivity contribution >= 4 is 29.1 Å². The fourth-order valence-corrected chi connectivity index (χ4v) is 6.53. The minimum atomic E-state index is -0.544. The number of carbonyl (C=O) groups excluding carboxylic acids is 1. The first-order valence-corrected chi connectivity index (χ1v) is 11.1. The van der Waals surface area contributed by atoms with Crippen LogP contribution in [0.25, 0.3) is 0 Å². The Hall–Kier alpha value is -0.930. The average molecular weight is 410 g/mol. The number of rotatable bonds is 7. The molecule has 148 valence electrons. The molecule has 1 N–H and O–H groups in total. The maximum Gasteiger partial charge on any atom is 0.261 e. The third kappa shape index (κ3) is 4.24. The summed E-state index contributed by atoms with van der Waals surface area (Å²) in [5.74, 6) is 3.25. The summed E-state index contributed by atoms with van der Waals surface area (Å²) in [4.78, 5) is 12.6. The van der Waals surface area contributed by atoms with Crippen LogP contribution < -0.4 is 10.1 Å². The molecule has 5 rings (SSSR count). The Bertz CT molecular complexity index is 670. The average Bonchev–Trinajstić information content (AvgIpc) is 2.61. The Morgan fingerprint density at radius 3 is 2.41 bits per heavy atom. The van der Waals surface area contributed by atoms with Crippen LogP contribution in [-0.4, -0.2) is 18.6 Å². The van der Waals surface area contributed by atoms with Crippen molar-refractivity contribution in [3.63, 3.8) is 0 Å². The SMILES string of the molecule is CC[C@H](Oc1cc(Cl)ccc1Cl)C(=O)NCCC12CC3CC(CC(C3)C1)C2. The van der Waals surface area contributed by atoms with Gasteiger partial charge in [0, 0.05) is 17.6 Å². The molecule has 4 fully saturated rings. The standard InChI is InChI=1S/C22H29Cl2NO2/c1-2-19(27-20-10-17(23)3-4-18(20)24)21(26)25-6-5-22-11-14-7-15(12-22)9-16(8-14)13-22/h3-4,10,14-16,19H,2,5-9,11-13H2,1H3,(H,25,26)/t14?,15?,16?,19-,22?/m0/s1. The topological polar surface area (TPSA) is 38.3 Å². The van der Waals surface area contributed by atoms with Crippen LogP contribution in [-0.2, 0) is 4.79 Å². The van der Waals surface area contributed by atoms with E-state index in [0.717, 1.165) is 30.7 Å². The summed E-state index contributed by atoms with van der Waals surface area (Å²) in [5.41, 5.74) is 0.487. The highest BCUT2D eigenvalue weighted by atomic mass is 35.5. The van der Waals surface area contributed by atoms with E-state index in [1.165, 1.54) is 38.5 Å². The predicted octanol–water partition coefficient (Wildman–Crippen LogP) is 5.87. The fraction of sp³-hybridized carbons (Fsp3) is 0.682. The molecule has 1 atom stereocenters. The number of amides is 1. The van der Waals surface area contributed by atoms with E-state index in [9.17, 15) is 4.79 Å². The summed E-state index contributed by atoms with van der Waals surface area (Å²) in [6, 6.07) is 5.06. The van der Waals surface area contributed by atoms with Gasteiger partial charge < -0.3 is 10.1 Å². The van der Waals surface area contributed by atoms with Gasteiger partial charge in [0.1, 0.15) is 5.75 Å². The molecule has 1 aromatic rings. The van der Waals surface area contributed by atoms with Crippen LogP contribution in [0.5, 0.6) is 5.75 Å². The molecule has 0 aromatic heterocycles. The lowest BCUT2D eigenvalue weighted by atomic mass is 9.49. The second-order valence-electron chi connectivity index (χ2n) is 9.05. The number of ether oxygens (including phenoxy) is 1. The molecule has 1 amide bonds. The van der Waals surface area contributed by atoms with Gasteiger partial charge >= 0.3 is 0 Å². The summed E-state index contributed by atoms with van der Waals surface area (Å²) in [6.45, 7) is 2.69. The molecule has 3 nitrogen and oxygen atoms in total. The predicted molar refractivity (Wildman–Crippen MR) is 109 cm³/mol. The summed E-state index contributed by atoms with van der Waals surface area (Å²) in [6.07, 6.45) is 9.65. The second kappa shape index (κ2) is 7.83. The molecule has 1 aromatic carbocycles. The first-order chi connectivity index (χ1) is 13.0. The molecule has 4 aliphatic carbocycles. The van der Waals surface area contributed by atoms with Crippen LogP contribution in [0.3, 0.4) is 0 Å². The molecule has 0 spiro atoms. The van der Waals surface area contributed by atoms with Crippen LogP contribution >= 0.6 is 23.2 Å². The molecule has 0 aliphatic heterocycles. The van der Waals surface area contributed by atoms with E-state index in [1.54, 1.807) is 18.2 Å². The van der Waals surface area contributed by atoms with Crippen molar-refractivity contribution in [1.82, 2.24) is 5.32 Å². The minimum Gasteiger partial charge on any atom is -0.479 e. The Labute approximate surface area is 172 Å². The number of carbonyl (C=O) groups is 1. The highest BCUT2D eigenvalue weighted by Crippen LogP contribution is 2.61. The fourth-order valence-electron chi connectivity index (χ4n) is 6.20. The van der Waals surface area contributed by atoms with Gasteiger partial charge in [-0.25, -0.2) is 0 Å². The van der Waals surface area contributed by atoms with Gasteiger partial charge in [-0.15, -0.1) is 0 Å². The zero-order valence-electron chi connectivity index (χ0n) is 16.0. The van der Waals surface area contributed by atoms with Crippen LogP contribution in [0.15, 0.2) is 18.2 Å². The lowest BCUT2D eigenvalue weighted by Gasteiger charge is -2.57. The van der Waals surface area contributed by atoms with Gasteiger partial charge in [-0.3, -0.25) is 4.79 Å². The van der Waals surface area contributed by atoms with E-state index in [4.69, 9.17) is 27.9 Å². The van der Waals surface area contributed by atoms with E-state index >= 15 is 0 Å². The highest BCUT2D eigenvalue weighted by molar-refractivity contribution is 6.34. The molecule has 27 heavy (non-hydrogen) atoms. The van der Waals surface area contributed by atoms with E-state index in [0.29, 0.717) is 27.6 Å². The van der Waals surface area contributed by atoms with Crippen molar-refractivity contribution in [3.05, 3.63) is 28.2 Å². The number of nitrogens with one attached hydrogen (secondary N) is 1. The van der Waals surface area contributed by atoms with Gasteiger partial charge in [0.15, 0.2) is 6.10 Å². The van der Waals surface area contributed by atoms with Gasteiger partial charge in [0.2, 0.25) is 0 Å². The van der Waals surface area contributed by atoms with Crippen molar-refractivity contribution in [1.29, 1.82) is 0 Å². The van der Waals surface area contributed by atoms with Crippen LogP contribution in [0.1, 0.15) is 58.3 Å². The maximum atomic E-state index is 12.6. The quantitative estimate of drug-likeness (QED) is 0.610. The Morgan fingerprint density at radius 1 is 1.19 bits per heavy atom. The van der Waals surface area contributed by atoms with Gasteiger partial charge in [-0.1, -0.05) is 30.1 Å². The van der Waals surface area contributed by atoms with E-state index in [2.05, 4.69) is 5.32 Å². The lowest BCUT2D eigenvalue weighted by Crippen LogP contribution is -2.48. The van der Waals surface area contributed by atoms with E-state index in [1.807, 2.05) is 6.92 Å². The zero-order chi connectivity index (χ0) is 19.0. The molecular weight excluding hydrogens is 381 g/mol. The van der Waals surface area contributed by atoms with Gasteiger partial charge in [0.05, 0.1) is 5.02 Å². The lowest BCUT2D eigenvalue weighted by molar-refractivity contribution is -0.128. The third-order valence-electron chi connectivity index (χ3n) is 6.95. The van der Waals surface area contributed by atoms with Crippen molar-refractivity contribution in [2.24, 2.45) is 23.2 Å². The second-order valence-corrected chi connectivity index (χ2v) is 9.89. The first kappa shape index (κ1) is 19.4. The van der Waals surface area contributed by atoms with Crippen molar-refractivity contribution < 1.29 is 9.53 Å². The highest BCUT2D eigenvalue weighted by Gasteiger charge is 2.50. The van der Waals surface area contributed by atoms with Crippen LogP contribution in [0.4, 0.5) is 0 Å². The number of benzene rings is 1. The summed E-state index contributed by atoms with van der Waals surface area (Å²) >= 11 is 12.2. The number of hydrogen-bond donors (Lipinski definition) is 1. The Balaban J connectivity index is 1.31. The normalized spacial score (nSPS) is 32.3. The molecule has 0 unspecified atom stereocenters. The molecule has 5 heteroatoms. The monoisotopic (exact) mass is 409 g/mol. The molecule has 0 heterocycles. The molecule has 4 aliphatic rings. The zero-order valence-corrected chi connectivity index (χ0v) is 17.5. The van der Waals surface area contributed by atoms with Crippen molar-refractivity contribution in [2.45, 2.75) is 64.4 Å². The Morgan fingerprint density at radius 2 is 1.81 bits per heavy atom. The first-order valence-electron chi connectivity index (χ1n) is 10.4. The van der Waals surface area contributed by atoms with E-state index < -0.39 is 6.10 Å². The van der Waals surface area contributed by atoms with Gasteiger partial charge in [-0.2, -0.15) is 0 Å². The van der Waals surface area contributed by atoms with Gasteiger partial charge in [-0.05, 0) is 86.7 Å². The van der Waals surface area contributed by atoms with Gasteiger partial charge in [0.25, 0.3) is 5.91 Å². The summed E-state index contributed by atoms with van der Waals surface area (Å²) in [5, 5.41) is 4.14. The smallest absolute Gasteiger partial charge is 0.261 e. The molecule has 0 radical (unpaired) electrons. The van der Waals surface area contributed by atoms with Crippen molar-refractivity contribution in [2.75, 3.05) is 6.54 Å². The molecule has 4 bridgehead atoms. The number of hydrogen-bond acceptors (Lipinski definition) is 2. The van der Waals surface area contributed by atoms with Crippen molar-refractivity contribution in [3.8, 4) is 5.75 Å². The number of halogens is 2. The van der Waals surface area contributed by atoms with E-state index in [-0.39, 0.29) is 5.91 Å². The Kier molecular flexibility index (Phi) is 5.62. The minimum absolute atomic E-state index is 0.0572. The summed E-state index contributed by atoms with van der Waals surface area (Å²) < 4.78 is 5.85. The molecule has 0 saturated heterocycles. The maximum absolute atomic E-state index is 12.6. The third-order valence-corrected chi connectivity index (χ3v) is 7.49. The largest absolute Gasteiger partial charge is 0.479 e. The van der Waals surface area contributed by atoms with Crippen LogP contribution in [0.2, 0.25) is 10.0 Å². The van der Waals surface area contributed by atoms with Crippen LogP contribution in [0, 0.1) is 23.2 Å².